The lowest BCUT2D eigenvalue weighted by atomic mass is 10.1. The first-order valence-electron chi connectivity index (χ1n) is 10.7. The maximum Gasteiger partial charge on any atom is 0.255 e. The monoisotopic (exact) mass is 421 g/mol. The number of hydrogen-bond donors (Lipinski definition) is 1. The fraction of sp³-hybridized carbons (Fsp3) is 0.391. The van der Waals surface area contributed by atoms with Crippen LogP contribution >= 0.6 is 0 Å². The number of nitrogens with zero attached hydrogens (tertiary/aromatic N) is 4. The molecule has 4 rings (SSSR count). The smallest absolute Gasteiger partial charge is 0.255 e. The van der Waals surface area contributed by atoms with E-state index in [9.17, 15) is 9.59 Å². The first-order chi connectivity index (χ1) is 15.1. The van der Waals surface area contributed by atoms with Crippen molar-refractivity contribution in [1.29, 1.82) is 0 Å². The van der Waals surface area contributed by atoms with E-state index in [2.05, 4.69) is 22.2 Å². The Bertz CT molecular complexity index is 1050. The maximum absolute atomic E-state index is 12.7. The van der Waals surface area contributed by atoms with Crippen molar-refractivity contribution in [1.82, 2.24) is 19.4 Å². The number of amides is 2. The summed E-state index contributed by atoms with van der Waals surface area (Å²) in [6.07, 6.45) is 4.79. The number of anilines is 1. The number of imidazole rings is 1. The van der Waals surface area contributed by atoms with Crippen molar-refractivity contribution in [3.05, 3.63) is 54.6 Å². The van der Waals surface area contributed by atoms with E-state index in [-0.39, 0.29) is 18.4 Å². The molecule has 0 spiro atoms. The summed E-state index contributed by atoms with van der Waals surface area (Å²) in [6.45, 7) is 4.02. The van der Waals surface area contributed by atoms with Crippen LogP contribution in [0.15, 0.2) is 48.9 Å². The average Bonchev–Trinajstić information content (AvgIpc) is 3.22. The molecule has 1 unspecified atom stereocenters. The minimum Gasteiger partial charge on any atom is -0.365 e. The Morgan fingerprint density at radius 1 is 1.23 bits per heavy atom. The third-order valence-corrected chi connectivity index (χ3v) is 5.49. The van der Waals surface area contributed by atoms with Gasteiger partial charge in [0.2, 0.25) is 5.91 Å². The van der Waals surface area contributed by atoms with Crippen molar-refractivity contribution < 1.29 is 14.3 Å². The van der Waals surface area contributed by atoms with E-state index in [0.717, 1.165) is 36.1 Å². The van der Waals surface area contributed by atoms with Crippen LogP contribution in [-0.4, -0.2) is 57.0 Å². The molecule has 1 aromatic carbocycles. The standard InChI is InChI=1S/C23H27N5O3/c1-2-27-16-25-19-14-18(9-10-20(19)27)26-23(30)21-15-28(12-13-31-21)22(29)8-5-7-17-6-3-4-11-24-17/h3-4,6,9-11,14,16,21H,2,5,7-8,12-13,15H2,1H3,(H,26,30). The number of benzene rings is 1. The molecule has 1 N–H and O–H groups in total. The van der Waals surface area contributed by atoms with Crippen molar-refractivity contribution in [2.75, 3.05) is 25.0 Å². The molecule has 0 aliphatic carbocycles. The molecule has 1 aliphatic heterocycles. The molecule has 31 heavy (non-hydrogen) atoms. The zero-order valence-electron chi connectivity index (χ0n) is 17.7. The number of morpholine rings is 1. The van der Waals surface area contributed by atoms with Gasteiger partial charge in [0.15, 0.2) is 6.10 Å². The molecule has 1 fully saturated rings. The maximum atomic E-state index is 12.7. The van der Waals surface area contributed by atoms with E-state index in [1.165, 1.54) is 0 Å². The van der Waals surface area contributed by atoms with Crippen molar-refractivity contribution in [3.8, 4) is 0 Å². The van der Waals surface area contributed by atoms with Crippen LogP contribution in [0.4, 0.5) is 5.69 Å². The van der Waals surface area contributed by atoms with Crippen LogP contribution in [0.3, 0.4) is 0 Å². The molecule has 0 saturated carbocycles. The summed E-state index contributed by atoms with van der Waals surface area (Å²) in [6, 6.07) is 11.4. The second kappa shape index (κ2) is 9.70. The lowest BCUT2D eigenvalue weighted by Crippen LogP contribution is -2.50. The second-order valence-corrected chi connectivity index (χ2v) is 7.60. The third kappa shape index (κ3) is 5.08. The molecule has 0 bridgehead atoms. The Morgan fingerprint density at radius 2 is 2.13 bits per heavy atom. The van der Waals surface area contributed by atoms with Crippen LogP contribution < -0.4 is 5.32 Å². The molecule has 2 amide bonds. The number of hydrogen-bond acceptors (Lipinski definition) is 5. The zero-order chi connectivity index (χ0) is 21.6. The Labute approximate surface area is 181 Å². The highest BCUT2D eigenvalue weighted by atomic mass is 16.5. The van der Waals surface area contributed by atoms with E-state index in [0.29, 0.717) is 25.3 Å². The average molecular weight is 422 g/mol. The Kier molecular flexibility index (Phi) is 6.57. The van der Waals surface area contributed by atoms with Crippen molar-refractivity contribution in [2.45, 2.75) is 38.8 Å². The van der Waals surface area contributed by atoms with Gasteiger partial charge in [-0.3, -0.25) is 14.6 Å². The molecule has 3 aromatic rings. The van der Waals surface area contributed by atoms with Crippen LogP contribution in [0.25, 0.3) is 11.0 Å². The van der Waals surface area contributed by atoms with Gasteiger partial charge >= 0.3 is 0 Å². The fourth-order valence-corrected chi connectivity index (χ4v) is 3.78. The zero-order valence-corrected chi connectivity index (χ0v) is 17.7. The van der Waals surface area contributed by atoms with Crippen LogP contribution in [0.2, 0.25) is 0 Å². The summed E-state index contributed by atoms with van der Waals surface area (Å²) in [5, 5.41) is 2.90. The number of ether oxygens (including phenoxy) is 1. The van der Waals surface area contributed by atoms with Gasteiger partial charge in [-0.2, -0.15) is 0 Å². The predicted octanol–water partition coefficient (Wildman–Crippen LogP) is 2.64. The quantitative estimate of drug-likeness (QED) is 0.634. The van der Waals surface area contributed by atoms with Gasteiger partial charge in [-0.1, -0.05) is 6.07 Å². The summed E-state index contributed by atoms with van der Waals surface area (Å²) in [4.78, 5) is 35.7. The predicted molar refractivity (Wildman–Crippen MR) is 118 cm³/mol. The first-order valence-corrected chi connectivity index (χ1v) is 10.7. The number of carbonyl (C=O) groups excluding carboxylic acids is 2. The topological polar surface area (TPSA) is 89.4 Å². The lowest BCUT2D eigenvalue weighted by molar-refractivity contribution is -0.144. The van der Waals surface area contributed by atoms with Crippen LogP contribution in [0.1, 0.15) is 25.5 Å². The van der Waals surface area contributed by atoms with Crippen molar-refractivity contribution in [3.63, 3.8) is 0 Å². The van der Waals surface area contributed by atoms with Crippen LogP contribution in [0.5, 0.6) is 0 Å². The fourth-order valence-electron chi connectivity index (χ4n) is 3.78. The van der Waals surface area contributed by atoms with E-state index < -0.39 is 6.10 Å². The number of fused-ring (bicyclic) bond motifs is 1. The molecule has 8 heteroatoms. The third-order valence-electron chi connectivity index (χ3n) is 5.49. The highest BCUT2D eigenvalue weighted by Crippen LogP contribution is 2.19. The minimum atomic E-state index is -0.683. The van der Waals surface area contributed by atoms with Gasteiger partial charge in [0.25, 0.3) is 5.91 Å². The van der Waals surface area contributed by atoms with Crippen molar-refractivity contribution in [2.24, 2.45) is 0 Å². The number of aromatic nitrogens is 3. The summed E-state index contributed by atoms with van der Waals surface area (Å²) >= 11 is 0. The number of aryl methyl sites for hydroxylation is 2. The van der Waals surface area contributed by atoms with E-state index >= 15 is 0 Å². The lowest BCUT2D eigenvalue weighted by Gasteiger charge is -2.32. The van der Waals surface area contributed by atoms with Gasteiger partial charge in [-0.05, 0) is 50.1 Å². The summed E-state index contributed by atoms with van der Waals surface area (Å²) in [5.41, 5.74) is 3.50. The molecule has 8 nitrogen and oxygen atoms in total. The second-order valence-electron chi connectivity index (χ2n) is 7.60. The molecular formula is C23H27N5O3. The molecule has 1 aliphatic rings. The van der Waals surface area contributed by atoms with Crippen LogP contribution in [0, 0.1) is 0 Å². The Balaban J connectivity index is 1.30. The highest BCUT2D eigenvalue weighted by molar-refractivity contribution is 5.96. The van der Waals surface area contributed by atoms with Gasteiger partial charge < -0.3 is 19.5 Å². The van der Waals surface area contributed by atoms with E-state index in [1.54, 1.807) is 17.4 Å². The van der Waals surface area contributed by atoms with Gasteiger partial charge in [-0.25, -0.2) is 4.98 Å². The van der Waals surface area contributed by atoms with E-state index in [4.69, 9.17) is 4.74 Å². The van der Waals surface area contributed by atoms with Gasteiger partial charge in [0.1, 0.15) is 0 Å². The number of carbonyl (C=O) groups is 2. The number of rotatable bonds is 7. The summed E-state index contributed by atoms with van der Waals surface area (Å²) in [7, 11) is 0. The summed E-state index contributed by atoms with van der Waals surface area (Å²) in [5.74, 6) is -0.205. The summed E-state index contributed by atoms with van der Waals surface area (Å²) < 4.78 is 7.68. The molecule has 3 heterocycles. The van der Waals surface area contributed by atoms with Gasteiger partial charge in [0, 0.05) is 37.1 Å². The SMILES string of the molecule is CCn1cnc2cc(NC(=O)C3CN(C(=O)CCCc4ccccn4)CCO3)ccc21. The highest BCUT2D eigenvalue weighted by Gasteiger charge is 2.29. The molecule has 2 aromatic heterocycles. The number of nitrogens with one attached hydrogen (secondary N) is 1. The molecular weight excluding hydrogens is 394 g/mol. The normalized spacial score (nSPS) is 16.4. The van der Waals surface area contributed by atoms with Crippen molar-refractivity contribution >= 4 is 28.5 Å². The van der Waals surface area contributed by atoms with Gasteiger partial charge in [0.05, 0.1) is 30.5 Å². The number of pyridine rings is 1. The Hall–Kier alpha value is -3.26. The molecule has 0 radical (unpaired) electrons. The minimum absolute atomic E-state index is 0.0450. The molecule has 162 valence electrons. The Morgan fingerprint density at radius 3 is 2.94 bits per heavy atom. The largest absolute Gasteiger partial charge is 0.365 e. The molecule has 1 atom stereocenters. The van der Waals surface area contributed by atoms with Gasteiger partial charge in [-0.15, -0.1) is 0 Å². The van der Waals surface area contributed by atoms with Crippen LogP contribution in [-0.2, 0) is 27.3 Å². The first kappa shape index (κ1) is 21.0. The molecule has 1 saturated heterocycles. The van der Waals surface area contributed by atoms with E-state index in [1.807, 2.05) is 41.0 Å².